The van der Waals surface area contributed by atoms with Crippen LogP contribution in [-0.4, -0.2) is 47.1 Å². The smallest absolute Gasteiger partial charge is 0.257 e. The number of aryl methyl sites for hydroxylation is 1. The van der Waals surface area contributed by atoms with Crippen LogP contribution in [0.25, 0.3) is 11.1 Å². The summed E-state index contributed by atoms with van der Waals surface area (Å²) >= 11 is 0. The molecule has 1 atom stereocenters. The molecule has 114 valence electrons. The molecule has 1 N–H and O–H groups in total. The SMILES string of the molecule is CNCC1CCCN1C(=O)c1cnc2onc(C)c2c1.Cl. The van der Waals surface area contributed by atoms with Crippen molar-refractivity contribution in [3.05, 3.63) is 23.5 Å². The van der Waals surface area contributed by atoms with Crippen LogP contribution < -0.4 is 5.32 Å². The second-order valence-electron chi connectivity index (χ2n) is 5.20. The highest BCUT2D eigenvalue weighted by atomic mass is 35.5. The minimum Gasteiger partial charge on any atom is -0.336 e. The fourth-order valence-corrected chi connectivity index (χ4v) is 2.78. The van der Waals surface area contributed by atoms with Gasteiger partial charge in [-0.15, -0.1) is 12.4 Å². The minimum atomic E-state index is 0. The van der Waals surface area contributed by atoms with Crippen LogP contribution in [0.3, 0.4) is 0 Å². The summed E-state index contributed by atoms with van der Waals surface area (Å²) in [6, 6.07) is 2.09. The third kappa shape index (κ3) is 2.87. The highest BCUT2D eigenvalue weighted by Gasteiger charge is 2.29. The number of amides is 1. The van der Waals surface area contributed by atoms with Crippen molar-refractivity contribution in [3.63, 3.8) is 0 Å². The van der Waals surface area contributed by atoms with Gasteiger partial charge in [-0.3, -0.25) is 4.79 Å². The first-order valence-corrected chi connectivity index (χ1v) is 6.88. The van der Waals surface area contributed by atoms with E-state index in [1.807, 2.05) is 24.9 Å². The highest BCUT2D eigenvalue weighted by molar-refractivity contribution is 5.97. The summed E-state index contributed by atoms with van der Waals surface area (Å²) < 4.78 is 5.07. The van der Waals surface area contributed by atoms with Gasteiger partial charge in [-0.1, -0.05) is 5.16 Å². The van der Waals surface area contributed by atoms with E-state index in [0.717, 1.165) is 37.0 Å². The molecule has 0 aliphatic carbocycles. The number of fused-ring (bicyclic) bond motifs is 1. The summed E-state index contributed by atoms with van der Waals surface area (Å²) in [6.07, 6.45) is 3.68. The Labute approximate surface area is 129 Å². The van der Waals surface area contributed by atoms with Crippen molar-refractivity contribution in [2.75, 3.05) is 20.1 Å². The number of likely N-dealkylation sites (tertiary alicyclic amines) is 1. The van der Waals surface area contributed by atoms with Gasteiger partial charge in [0.15, 0.2) is 0 Å². The molecule has 7 heteroatoms. The highest BCUT2D eigenvalue weighted by Crippen LogP contribution is 2.22. The van der Waals surface area contributed by atoms with E-state index >= 15 is 0 Å². The Bertz CT molecular complexity index is 643. The number of rotatable bonds is 3. The Morgan fingerprint density at radius 3 is 3.14 bits per heavy atom. The van der Waals surface area contributed by atoms with E-state index in [2.05, 4.69) is 15.5 Å². The molecule has 0 saturated carbocycles. The molecule has 0 aromatic carbocycles. The van der Waals surface area contributed by atoms with Crippen LogP contribution in [0.1, 0.15) is 28.9 Å². The molecule has 1 amide bonds. The lowest BCUT2D eigenvalue weighted by molar-refractivity contribution is 0.0737. The number of hydrogen-bond donors (Lipinski definition) is 1. The Morgan fingerprint density at radius 1 is 1.57 bits per heavy atom. The summed E-state index contributed by atoms with van der Waals surface area (Å²) in [5.74, 6) is 0.0396. The minimum absolute atomic E-state index is 0. The van der Waals surface area contributed by atoms with Gasteiger partial charge in [0.2, 0.25) is 0 Å². The first-order chi connectivity index (χ1) is 9.70. The molecule has 3 rings (SSSR count). The van der Waals surface area contributed by atoms with Gasteiger partial charge in [0, 0.05) is 25.3 Å². The first kappa shape index (κ1) is 15.7. The number of carbonyl (C=O) groups is 1. The van der Waals surface area contributed by atoms with Gasteiger partial charge in [-0.25, -0.2) is 4.98 Å². The monoisotopic (exact) mass is 310 g/mol. The van der Waals surface area contributed by atoms with E-state index in [1.54, 1.807) is 6.20 Å². The lowest BCUT2D eigenvalue weighted by atomic mass is 10.1. The first-order valence-electron chi connectivity index (χ1n) is 6.88. The molecule has 0 spiro atoms. The van der Waals surface area contributed by atoms with Gasteiger partial charge in [0.25, 0.3) is 11.6 Å². The summed E-state index contributed by atoms with van der Waals surface area (Å²) in [7, 11) is 1.91. The topological polar surface area (TPSA) is 71.3 Å². The molecule has 0 radical (unpaired) electrons. The number of likely N-dealkylation sites (N-methyl/N-ethyl adjacent to an activating group) is 1. The summed E-state index contributed by atoms with van der Waals surface area (Å²) in [6.45, 7) is 3.49. The second-order valence-corrected chi connectivity index (χ2v) is 5.20. The van der Waals surface area contributed by atoms with E-state index in [9.17, 15) is 4.79 Å². The van der Waals surface area contributed by atoms with Gasteiger partial charge in [-0.05, 0) is 32.9 Å². The average Bonchev–Trinajstić information content (AvgIpc) is 3.06. The molecule has 1 aliphatic rings. The number of hydrogen-bond acceptors (Lipinski definition) is 5. The van der Waals surface area contributed by atoms with Gasteiger partial charge >= 0.3 is 0 Å². The van der Waals surface area contributed by atoms with Gasteiger partial charge in [0.05, 0.1) is 16.6 Å². The fraction of sp³-hybridized carbons (Fsp3) is 0.500. The van der Waals surface area contributed by atoms with Crippen molar-refractivity contribution in [1.29, 1.82) is 0 Å². The molecule has 3 heterocycles. The van der Waals surface area contributed by atoms with Crippen molar-refractivity contribution < 1.29 is 9.32 Å². The summed E-state index contributed by atoms with van der Waals surface area (Å²) in [5, 5.41) is 7.82. The predicted octanol–water partition coefficient (Wildman–Crippen LogP) is 1.78. The number of pyridine rings is 1. The van der Waals surface area contributed by atoms with Crippen LogP contribution in [0.2, 0.25) is 0 Å². The molecule has 6 nitrogen and oxygen atoms in total. The fourth-order valence-electron chi connectivity index (χ4n) is 2.78. The molecule has 21 heavy (non-hydrogen) atoms. The van der Waals surface area contributed by atoms with E-state index in [4.69, 9.17) is 4.52 Å². The summed E-state index contributed by atoms with van der Waals surface area (Å²) in [4.78, 5) is 18.7. The number of aromatic nitrogens is 2. The molecule has 1 fully saturated rings. The van der Waals surface area contributed by atoms with Crippen LogP contribution in [0, 0.1) is 6.92 Å². The maximum absolute atomic E-state index is 12.6. The molecular weight excluding hydrogens is 292 g/mol. The van der Waals surface area contributed by atoms with Gasteiger partial charge in [0.1, 0.15) is 0 Å². The van der Waals surface area contributed by atoms with Crippen molar-refractivity contribution in [2.45, 2.75) is 25.8 Å². The van der Waals surface area contributed by atoms with E-state index in [0.29, 0.717) is 11.3 Å². The van der Waals surface area contributed by atoms with Crippen LogP contribution >= 0.6 is 12.4 Å². The molecule has 2 aromatic rings. The van der Waals surface area contributed by atoms with E-state index in [1.165, 1.54) is 0 Å². The van der Waals surface area contributed by atoms with Crippen molar-refractivity contribution >= 4 is 29.4 Å². The Morgan fingerprint density at radius 2 is 2.38 bits per heavy atom. The van der Waals surface area contributed by atoms with E-state index in [-0.39, 0.29) is 24.4 Å². The second kappa shape index (κ2) is 6.41. The van der Waals surface area contributed by atoms with Gasteiger partial charge < -0.3 is 14.7 Å². The maximum atomic E-state index is 12.6. The number of carbonyl (C=O) groups excluding carboxylic acids is 1. The third-order valence-electron chi connectivity index (χ3n) is 3.83. The predicted molar refractivity (Wildman–Crippen MR) is 81.8 cm³/mol. The molecule has 2 aromatic heterocycles. The molecule has 1 unspecified atom stereocenters. The zero-order valence-electron chi connectivity index (χ0n) is 12.1. The zero-order chi connectivity index (χ0) is 14.1. The van der Waals surface area contributed by atoms with Crippen molar-refractivity contribution in [1.82, 2.24) is 20.4 Å². The quantitative estimate of drug-likeness (QED) is 0.935. The lowest BCUT2D eigenvalue weighted by Crippen LogP contribution is -2.40. The Balaban J connectivity index is 0.00000161. The number of nitrogens with one attached hydrogen (secondary N) is 1. The molecular formula is C14H19ClN4O2. The normalized spacial score (nSPS) is 18.0. The zero-order valence-corrected chi connectivity index (χ0v) is 12.9. The van der Waals surface area contributed by atoms with Crippen LogP contribution in [0.5, 0.6) is 0 Å². The van der Waals surface area contributed by atoms with Crippen LogP contribution in [0.4, 0.5) is 0 Å². The lowest BCUT2D eigenvalue weighted by Gasteiger charge is -2.24. The standard InChI is InChI=1S/C14H18N4O2.ClH/c1-9-12-6-10(7-16-13(12)20-17-9)14(19)18-5-3-4-11(18)8-15-2;/h6-7,11,15H,3-5,8H2,1-2H3;1H. The average molecular weight is 311 g/mol. The molecule has 1 saturated heterocycles. The summed E-state index contributed by atoms with van der Waals surface area (Å²) in [5.41, 5.74) is 1.84. The van der Waals surface area contributed by atoms with Crippen molar-refractivity contribution in [2.24, 2.45) is 0 Å². The largest absolute Gasteiger partial charge is 0.336 e. The van der Waals surface area contributed by atoms with Crippen molar-refractivity contribution in [3.8, 4) is 0 Å². The number of halogens is 1. The Kier molecular flexibility index (Phi) is 4.80. The van der Waals surface area contributed by atoms with Crippen LogP contribution in [-0.2, 0) is 0 Å². The molecule has 0 bridgehead atoms. The van der Waals surface area contributed by atoms with E-state index < -0.39 is 0 Å². The molecule has 1 aliphatic heterocycles. The third-order valence-corrected chi connectivity index (χ3v) is 3.83. The van der Waals surface area contributed by atoms with Gasteiger partial charge in [-0.2, -0.15) is 0 Å². The maximum Gasteiger partial charge on any atom is 0.257 e. The number of nitrogens with zero attached hydrogens (tertiary/aromatic N) is 3. The Hall–Kier alpha value is -1.66. The van der Waals surface area contributed by atoms with Crippen LogP contribution in [0.15, 0.2) is 16.8 Å².